The Balaban J connectivity index is 1.54. The zero-order valence-corrected chi connectivity index (χ0v) is 19.4. The Bertz CT molecular complexity index is 722. The maximum absolute atomic E-state index is 11.9. The monoisotopic (exact) mass is 413 g/mol. The molecule has 4 rings (SSSR count). The highest BCUT2D eigenvalue weighted by Gasteiger charge is 2.59. The van der Waals surface area contributed by atoms with E-state index in [-0.39, 0.29) is 16.9 Å². The van der Waals surface area contributed by atoms with Gasteiger partial charge in [-0.15, -0.1) is 0 Å². The molecule has 0 aliphatic heterocycles. The number of hydrogen-bond donors (Lipinski definition) is 1. The lowest BCUT2D eigenvalue weighted by Crippen LogP contribution is -2.53. The quantitative estimate of drug-likeness (QED) is 0.653. The Morgan fingerprint density at radius 3 is 2.60 bits per heavy atom. The van der Waals surface area contributed by atoms with Gasteiger partial charge in [0.15, 0.2) is 0 Å². The van der Waals surface area contributed by atoms with E-state index in [1.54, 1.807) is 0 Å². The van der Waals surface area contributed by atoms with Gasteiger partial charge in [0.1, 0.15) is 0 Å². The van der Waals surface area contributed by atoms with Crippen molar-refractivity contribution < 1.29 is 15.0 Å². The van der Waals surface area contributed by atoms with Gasteiger partial charge in [0.05, 0.1) is 12.1 Å². The lowest BCUT2D eigenvalue weighted by Gasteiger charge is -2.60. The molecule has 3 heteroatoms. The van der Waals surface area contributed by atoms with Gasteiger partial charge in [-0.3, -0.25) is 0 Å². The second-order valence-corrected chi connectivity index (χ2v) is 11.8. The van der Waals surface area contributed by atoms with Crippen molar-refractivity contribution in [1.29, 1.82) is 0 Å². The Hall–Kier alpha value is -1.09. The van der Waals surface area contributed by atoms with Gasteiger partial charge in [0, 0.05) is 5.92 Å². The third-order valence-corrected chi connectivity index (χ3v) is 9.89. The van der Waals surface area contributed by atoms with E-state index in [2.05, 4.69) is 33.8 Å². The smallest absolute Gasteiger partial charge is 0.0596 e. The molecule has 168 valence electrons. The minimum atomic E-state index is -0.952. The molecule has 0 spiro atoms. The number of fused-ring (bicyclic) bond motifs is 5. The van der Waals surface area contributed by atoms with E-state index in [0.717, 1.165) is 49.5 Å². The number of aliphatic hydroxyl groups is 1. The minimum absolute atomic E-state index is 0.117. The zero-order valence-electron chi connectivity index (χ0n) is 19.4. The van der Waals surface area contributed by atoms with Crippen molar-refractivity contribution >= 4 is 5.97 Å². The summed E-state index contributed by atoms with van der Waals surface area (Å²) in [5.41, 5.74) is 1.48. The van der Waals surface area contributed by atoms with Crippen molar-refractivity contribution in [2.75, 3.05) is 0 Å². The van der Waals surface area contributed by atoms with Crippen molar-refractivity contribution in [1.82, 2.24) is 0 Å². The van der Waals surface area contributed by atoms with Crippen LogP contribution in [0.2, 0.25) is 0 Å². The minimum Gasteiger partial charge on any atom is -0.549 e. The first-order chi connectivity index (χ1) is 14.2. The number of hydrogen-bond acceptors (Lipinski definition) is 3. The van der Waals surface area contributed by atoms with Crippen molar-refractivity contribution in [3.63, 3.8) is 0 Å². The summed E-state index contributed by atoms with van der Waals surface area (Å²) in [5.74, 6) is 1.72. The molecule has 0 aromatic heterocycles. The van der Waals surface area contributed by atoms with Crippen molar-refractivity contribution in [2.24, 2.45) is 46.3 Å². The lowest BCUT2D eigenvalue weighted by molar-refractivity contribution is -0.308. The normalized spacial score (nSPS) is 44.3. The first kappa shape index (κ1) is 22.1. The summed E-state index contributed by atoms with van der Waals surface area (Å²) in [6, 6.07) is 0. The Morgan fingerprint density at radius 1 is 1.17 bits per heavy atom. The van der Waals surface area contributed by atoms with Crippen molar-refractivity contribution in [2.45, 2.75) is 91.6 Å². The highest BCUT2D eigenvalue weighted by Crippen LogP contribution is 2.66. The van der Waals surface area contributed by atoms with Gasteiger partial charge in [0.2, 0.25) is 0 Å². The number of carboxylic acids is 1. The van der Waals surface area contributed by atoms with Crippen LogP contribution in [0.15, 0.2) is 23.8 Å². The number of carbonyl (C=O) groups excluding carboxylic acids is 1. The highest BCUT2D eigenvalue weighted by atomic mass is 16.4. The molecule has 4 aliphatic carbocycles. The molecule has 0 radical (unpaired) electrons. The summed E-state index contributed by atoms with van der Waals surface area (Å²) in [6.07, 6.45) is 15.9. The first-order valence-electron chi connectivity index (χ1n) is 12.4. The standard InChI is InChI=1S/C27H42O3/c1-17(2)6-5-7-20(25(29)30)18-12-14-26(3)19(16-18)8-9-21-22-10-11-24(28)27(22,4)15-13-23(21)26/h5,7,12,17,19-24,28H,6,8-11,13-16H2,1-4H3,(H,29,30)/p-1/b7-5-/t19-,20-,21+,22+,23-,24-,26-,27-/m0/s1. The molecular formula is C27H41O3-. The average Bonchev–Trinajstić information content (AvgIpc) is 2.99. The molecule has 4 aliphatic rings. The summed E-state index contributed by atoms with van der Waals surface area (Å²) < 4.78 is 0. The summed E-state index contributed by atoms with van der Waals surface area (Å²) in [6.45, 7) is 9.13. The van der Waals surface area contributed by atoms with Gasteiger partial charge in [0.25, 0.3) is 0 Å². The Labute approximate surface area is 183 Å². The number of aliphatic hydroxyl groups excluding tert-OH is 1. The molecule has 0 saturated heterocycles. The van der Waals surface area contributed by atoms with Crippen LogP contribution in [0.4, 0.5) is 0 Å². The SMILES string of the molecule is CC(C)C/C=C\[C@H](C(=O)[O-])C1=CC[C@@]2(C)[C@@H](CC[C@@H]3[C@H]4CC[C@H](O)[C@@]4(C)CC[C@@H]32)C1. The molecular weight excluding hydrogens is 372 g/mol. The van der Waals surface area contributed by atoms with Crippen LogP contribution >= 0.6 is 0 Å². The van der Waals surface area contributed by atoms with Gasteiger partial charge in [-0.2, -0.15) is 0 Å². The second kappa shape index (κ2) is 8.11. The van der Waals surface area contributed by atoms with Gasteiger partial charge >= 0.3 is 0 Å². The molecule has 0 amide bonds. The fraction of sp³-hybridized carbons (Fsp3) is 0.815. The number of allylic oxidation sites excluding steroid dienone is 2. The predicted octanol–water partition coefficient (Wildman–Crippen LogP) is 4.89. The maximum atomic E-state index is 11.9. The molecule has 30 heavy (non-hydrogen) atoms. The molecule has 8 atom stereocenters. The highest BCUT2D eigenvalue weighted by molar-refractivity contribution is 5.74. The van der Waals surface area contributed by atoms with Gasteiger partial charge in [-0.1, -0.05) is 51.5 Å². The van der Waals surface area contributed by atoms with Crippen LogP contribution in [-0.2, 0) is 4.79 Å². The third kappa shape index (κ3) is 3.59. The summed E-state index contributed by atoms with van der Waals surface area (Å²) in [4.78, 5) is 11.9. The topological polar surface area (TPSA) is 60.4 Å². The molecule has 0 aromatic rings. The predicted molar refractivity (Wildman–Crippen MR) is 118 cm³/mol. The Morgan fingerprint density at radius 2 is 1.90 bits per heavy atom. The Kier molecular flexibility index (Phi) is 5.98. The third-order valence-electron chi connectivity index (χ3n) is 9.89. The molecule has 0 bridgehead atoms. The van der Waals surface area contributed by atoms with E-state index in [9.17, 15) is 15.0 Å². The lowest BCUT2D eigenvalue weighted by atomic mass is 9.45. The van der Waals surface area contributed by atoms with E-state index in [1.165, 1.54) is 25.7 Å². The van der Waals surface area contributed by atoms with E-state index in [1.807, 2.05) is 12.2 Å². The second-order valence-electron chi connectivity index (χ2n) is 11.8. The van der Waals surface area contributed by atoms with E-state index < -0.39 is 11.9 Å². The molecule has 0 unspecified atom stereocenters. The fourth-order valence-electron chi connectivity index (χ4n) is 7.97. The van der Waals surface area contributed by atoms with Crippen LogP contribution in [-0.4, -0.2) is 17.2 Å². The van der Waals surface area contributed by atoms with E-state index >= 15 is 0 Å². The zero-order chi connectivity index (χ0) is 21.7. The number of carbonyl (C=O) groups is 1. The van der Waals surface area contributed by atoms with Gasteiger partial charge in [-0.25, -0.2) is 0 Å². The van der Waals surface area contributed by atoms with Gasteiger partial charge < -0.3 is 15.0 Å². The number of carboxylic acid groups (broad SMARTS) is 1. The van der Waals surface area contributed by atoms with Crippen molar-refractivity contribution in [3.8, 4) is 0 Å². The summed E-state index contributed by atoms with van der Waals surface area (Å²) in [7, 11) is 0. The first-order valence-corrected chi connectivity index (χ1v) is 12.4. The van der Waals surface area contributed by atoms with Crippen molar-refractivity contribution in [3.05, 3.63) is 23.8 Å². The van der Waals surface area contributed by atoms with Gasteiger partial charge in [-0.05, 0) is 98.2 Å². The molecule has 3 nitrogen and oxygen atoms in total. The molecule has 3 saturated carbocycles. The number of rotatable bonds is 5. The number of aliphatic carboxylic acids is 1. The average molecular weight is 414 g/mol. The van der Waals surface area contributed by atoms with E-state index in [0.29, 0.717) is 17.8 Å². The fourth-order valence-corrected chi connectivity index (χ4v) is 7.97. The van der Waals surface area contributed by atoms with Crippen LogP contribution in [0.25, 0.3) is 0 Å². The van der Waals surface area contributed by atoms with Crippen LogP contribution in [0.5, 0.6) is 0 Å². The largest absolute Gasteiger partial charge is 0.549 e. The molecule has 3 fully saturated rings. The molecule has 0 aromatic carbocycles. The summed E-state index contributed by atoms with van der Waals surface area (Å²) in [5, 5.41) is 22.6. The maximum Gasteiger partial charge on any atom is 0.0596 e. The van der Waals surface area contributed by atoms with Crippen LogP contribution in [0, 0.1) is 46.3 Å². The van der Waals surface area contributed by atoms with Crippen LogP contribution in [0.3, 0.4) is 0 Å². The van der Waals surface area contributed by atoms with Crippen LogP contribution in [0.1, 0.15) is 85.5 Å². The molecule has 1 N–H and O–H groups in total. The summed E-state index contributed by atoms with van der Waals surface area (Å²) >= 11 is 0. The molecule has 0 heterocycles. The van der Waals surface area contributed by atoms with E-state index in [4.69, 9.17) is 0 Å². The van der Waals surface area contributed by atoms with Crippen LogP contribution < -0.4 is 5.11 Å².